The third kappa shape index (κ3) is 4.07. The summed E-state index contributed by atoms with van der Waals surface area (Å²) in [6.45, 7) is 3.23. The highest BCUT2D eigenvalue weighted by molar-refractivity contribution is 5.95. The molecule has 0 unspecified atom stereocenters. The Morgan fingerprint density at radius 2 is 1.87 bits per heavy atom. The number of aryl methyl sites for hydroxylation is 1. The molecule has 0 atom stereocenters. The van der Waals surface area contributed by atoms with Gasteiger partial charge in [-0.2, -0.15) is 0 Å². The number of carbonyl (C=O) groups is 1. The SMILES string of the molecule is Cc1ccn(-c2ccc(F)cc2)c(=O)c1C(=O)NC1CCN(c2cnccn2)CC1. The maximum Gasteiger partial charge on any atom is 0.268 e. The van der Waals surface area contributed by atoms with E-state index in [1.807, 2.05) is 0 Å². The van der Waals surface area contributed by atoms with Gasteiger partial charge >= 0.3 is 0 Å². The maximum atomic E-state index is 13.2. The lowest BCUT2D eigenvalue weighted by Crippen LogP contribution is -2.46. The van der Waals surface area contributed by atoms with Gasteiger partial charge in [-0.1, -0.05) is 0 Å². The molecule has 0 bridgehead atoms. The molecule has 1 amide bonds. The fourth-order valence-electron chi connectivity index (χ4n) is 3.67. The van der Waals surface area contributed by atoms with Gasteiger partial charge in [-0.05, 0) is 55.7 Å². The number of anilines is 1. The number of hydrogen-bond acceptors (Lipinski definition) is 5. The highest BCUT2D eigenvalue weighted by atomic mass is 19.1. The fraction of sp³-hybridized carbons (Fsp3) is 0.273. The standard InChI is InChI=1S/C22H22FN5O2/c1-15-6-13-28(18-4-2-16(23)3-5-18)22(30)20(15)21(29)26-17-7-11-27(12-8-17)19-14-24-9-10-25-19/h2-6,9-10,13-14,17H,7-8,11-12H2,1H3,(H,26,29). The van der Waals surface area contributed by atoms with E-state index >= 15 is 0 Å². The van der Waals surface area contributed by atoms with Crippen LogP contribution in [0.4, 0.5) is 10.2 Å². The van der Waals surface area contributed by atoms with Crippen LogP contribution in [-0.4, -0.2) is 39.6 Å². The number of aromatic nitrogens is 3. The number of piperidine rings is 1. The lowest BCUT2D eigenvalue weighted by molar-refractivity contribution is 0.0928. The van der Waals surface area contributed by atoms with Crippen LogP contribution in [0, 0.1) is 12.7 Å². The molecule has 0 spiro atoms. The van der Waals surface area contributed by atoms with E-state index < -0.39 is 5.56 Å². The van der Waals surface area contributed by atoms with Crippen molar-refractivity contribution in [1.82, 2.24) is 19.9 Å². The van der Waals surface area contributed by atoms with Crippen molar-refractivity contribution in [1.29, 1.82) is 0 Å². The summed E-state index contributed by atoms with van der Waals surface area (Å²) >= 11 is 0. The van der Waals surface area contributed by atoms with E-state index in [2.05, 4.69) is 20.2 Å². The number of rotatable bonds is 4. The molecule has 0 aliphatic carbocycles. The molecule has 1 aliphatic rings. The minimum Gasteiger partial charge on any atom is -0.355 e. The number of benzene rings is 1. The zero-order valence-electron chi connectivity index (χ0n) is 16.6. The Balaban J connectivity index is 1.48. The molecule has 8 heteroatoms. The van der Waals surface area contributed by atoms with Gasteiger partial charge in [0.15, 0.2) is 0 Å². The van der Waals surface area contributed by atoms with Crippen LogP contribution in [0.3, 0.4) is 0 Å². The summed E-state index contributed by atoms with van der Waals surface area (Å²) in [7, 11) is 0. The first-order chi connectivity index (χ1) is 14.5. The highest BCUT2D eigenvalue weighted by Crippen LogP contribution is 2.17. The average Bonchev–Trinajstić information content (AvgIpc) is 2.76. The topological polar surface area (TPSA) is 80.1 Å². The minimum absolute atomic E-state index is 0.0244. The first-order valence-electron chi connectivity index (χ1n) is 9.83. The Bertz CT molecular complexity index is 1090. The number of halogens is 1. The first kappa shape index (κ1) is 19.8. The molecule has 30 heavy (non-hydrogen) atoms. The van der Waals surface area contributed by atoms with Crippen LogP contribution < -0.4 is 15.8 Å². The summed E-state index contributed by atoms with van der Waals surface area (Å²) in [5.41, 5.74) is 0.801. The van der Waals surface area contributed by atoms with Crippen molar-refractivity contribution in [3.63, 3.8) is 0 Å². The maximum absolute atomic E-state index is 13.2. The molecule has 0 radical (unpaired) electrons. The monoisotopic (exact) mass is 407 g/mol. The van der Waals surface area contributed by atoms with Crippen LogP contribution >= 0.6 is 0 Å². The molecule has 1 aliphatic heterocycles. The summed E-state index contributed by atoms with van der Waals surface area (Å²) < 4.78 is 14.6. The predicted octanol–water partition coefficient (Wildman–Crippen LogP) is 2.47. The highest BCUT2D eigenvalue weighted by Gasteiger charge is 2.24. The zero-order valence-corrected chi connectivity index (χ0v) is 16.6. The van der Waals surface area contributed by atoms with Crippen molar-refractivity contribution in [2.45, 2.75) is 25.8 Å². The Hall–Kier alpha value is -3.55. The molecule has 4 rings (SSSR count). The Labute approximate surface area is 173 Å². The molecule has 3 aromatic rings. The number of carbonyl (C=O) groups excluding carboxylic acids is 1. The van der Waals surface area contributed by atoms with E-state index in [0.29, 0.717) is 11.3 Å². The summed E-state index contributed by atoms with van der Waals surface area (Å²) in [4.78, 5) is 36.4. The molecule has 154 valence electrons. The molecule has 7 nitrogen and oxygen atoms in total. The van der Waals surface area contributed by atoms with Gasteiger partial charge in [-0.25, -0.2) is 9.37 Å². The van der Waals surface area contributed by atoms with Gasteiger partial charge in [0.25, 0.3) is 11.5 Å². The summed E-state index contributed by atoms with van der Waals surface area (Å²) in [6, 6.07) is 7.28. The average molecular weight is 407 g/mol. The first-order valence-corrected chi connectivity index (χ1v) is 9.83. The van der Waals surface area contributed by atoms with E-state index in [-0.39, 0.29) is 23.3 Å². The second-order valence-corrected chi connectivity index (χ2v) is 7.32. The summed E-state index contributed by atoms with van der Waals surface area (Å²) in [6.07, 6.45) is 8.12. The van der Waals surface area contributed by atoms with Crippen molar-refractivity contribution in [2.75, 3.05) is 18.0 Å². The smallest absolute Gasteiger partial charge is 0.268 e. The lowest BCUT2D eigenvalue weighted by Gasteiger charge is -2.32. The molecular weight excluding hydrogens is 385 g/mol. The molecular formula is C22H22FN5O2. The quantitative estimate of drug-likeness (QED) is 0.719. The van der Waals surface area contributed by atoms with Crippen molar-refractivity contribution < 1.29 is 9.18 Å². The molecule has 1 N–H and O–H groups in total. The predicted molar refractivity (Wildman–Crippen MR) is 111 cm³/mol. The van der Waals surface area contributed by atoms with Crippen molar-refractivity contribution in [3.8, 4) is 5.69 Å². The molecule has 1 fully saturated rings. The second kappa shape index (κ2) is 8.44. The van der Waals surface area contributed by atoms with Crippen LogP contribution in [-0.2, 0) is 0 Å². The van der Waals surface area contributed by atoms with Crippen LogP contribution in [0.5, 0.6) is 0 Å². The Kier molecular flexibility index (Phi) is 5.56. The van der Waals surface area contributed by atoms with Gasteiger partial charge in [-0.3, -0.25) is 19.1 Å². The third-order valence-electron chi connectivity index (χ3n) is 5.34. The minimum atomic E-state index is -0.420. The van der Waals surface area contributed by atoms with E-state index in [9.17, 15) is 14.0 Å². The number of nitrogens with one attached hydrogen (secondary N) is 1. The number of amides is 1. The number of hydrogen-bond donors (Lipinski definition) is 1. The number of pyridine rings is 1. The van der Waals surface area contributed by atoms with Crippen molar-refractivity contribution >= 4 is 11.7 Å². The zero-order chi connectivity index (χ0) is 21.1. The van der Waals surface area contributed by atoms with E-state index in [0.717, 1.165) is 31.7 Å². The van der Waals surface area contributed by atoms with Gasteiger partial charge in [0.1, 0.15) is 17.2 Å². The van der Waals surface area contributed by atoms with Gasteiger partial charge in [0, 0.05) is 43.4 Å². The van der Waals surface area contributed by atoms with Gasteiger partial charge in [0.2, 0.25) is 0 Å². The molecule has 0 saturated carbocycles. The van der Waals surface area contributed by atoms with E-state index in [4.69, 9.17) is 0 Å². The molecule has 3 heterocycles. The Morgan fingerprint density at radius 3 is 2.53 bits per heavy atom. The molecule has 2 aromatic heterocycles. The van der Waals surface area contributed by atoms with Crippen LogP contribution in [0.15, 0.2) is 59.9 Å². The van der Waals surface area contributed by atoms with Crippen molar-refractivity contribution in [2.24, 2.45) is 0 Å². The van der Waals surface area contributed by atoms with Crippen molar-refractivity contribution in [3.05, 3.63) is 82.4 Å². The van der Waals surface area contributed by atoms with Crippen LogP contribution in [0.1, 0.15) is 28.8 Å². The van der Waals surface area contributed by atoms with E-state index in [1.54, 1.807) is 37.8 Å². The van der Waals surface area contributed by atoms with E-state index in [1.165, 1.54) is 28.8 Å². The third-order valence-corrected chi connectivity index (χ3v) is 5.34. The second-order valence-electron chi connectivity index (χ2n) is 7.32. The fourth-order valence-corrected chi connectivity index (χ4v) is 3.67. The molecule has 1 saturated heterocycles. The van der Waals surface area contributed by atoms with Crippen LogP contribution in [0.25, 0.3) is 5.69 Å². The lowest BCUT2D eigenvalue weighted by atomic mass is 10.0. The van der Waals surface area contributed by atoms with Gasteiger partial charge in [-0.15, -0.1) is 0 Å². The summed E-state index contributed by atoms with van der Waals surface area (Å²) in [5.74, 6) is 0.0555. The van der Waals surface area contributed by atoms with Crippen LogP contribution in [0.2, 0.25) is 0 Å². The normalized spacial score (nSPS) is 14.5. The Morgan fingerprint density at radius 1 is 1.13 bits per heavy atom. The van der Waals surface area contributed by atoms with Gasteiger partial charge in [0.05, 0.1) is 6.20 Å². The largest absolute Gasteiger partial charge is 0.355 e. The number of nitrogens with zero attached hydrogens (tertiary/aromatic N) is 4. The van der Waals surface area contributed by atoms with Gasteiger partial charge < -0.3 is 10.2 Å². The summed E-state index contributed by atoms with van der Waals surface area (Å²) in [5, 5.41) is 3.00. The molecule has 1 aromatic carbocycles.